The zero-order valence-corrected chi connectivity index (χ0v) is 48.5. The van der Waals surface area contributed by atoms with Gasteiger partial charge in [-0.2, -0.15) is 0 Å². The van der Waals surface area contributed by atoms with E-state index < -0.39 is 11.3 Å². The predicted molar refractivity (Wildman–Crippen MR) is 313 cm³/mol. The minimum Gasteiger partial charge on any atom is -0.507 e. The number of rotatable bonds is 9. The van der Waals surface area contributed by atoms with Crippen LogP contribution in [0.3, 0.4) is 0 Å². The molecule has 7 aromatic carbocycles. The molecule has 1 N–H and O–H groups in total. The topological polar surface area (TPSA) is 72.3 Å². The summed E-state index contributed by atoms with van der Waals surface area (Å²) in [5, 5.41) is 14.4. The third-order valence-corrected chi connectivity index (χ3v) is 15.9. The fourth-order valence-electron chi connectivity index (χ4n) is 11.3. The first-order chi connectivity index (χ1) is 36.1. The van der Waals surface area contributed by atoms with Gasteiger partial charge in [0.25, 0.3) is 0 Å². The zero-order valence-electron chi connectivity index (χ0n) is 47.2. The molecule has 3 aromatic heterocycles. The molecule has 390 valence electrons. The number of pyridine rings is 1. The number of phenolic OH excluding ortho intramolecular Hbond substituents is 1. The maximum atomic E-state index is 12.6. The number of para-hydroxylation sites is 1. The van der Waals surface area contributed by atoms with Crippen LogP contribution in [-0.4, -0.2) is 15.1 Å². The number of furan rings is 1. The van der Waals surface area contributed by atoms with Crippen LogP contribution >= 0.6 is 0 Å². The number of aromatic hydroxyl groups is 1. The van der Waals surface area contributed by atoms with Crippen molar-refractivity contribution < 1.29 is 36.4 Å². The number of aromatic nitrogens is 2. The summed E-state index contributed by atoms with van der Waals surface area (Å²) in [6.07, 6.45) is 5.77. The SMILES string of the molecule is [2H]C1(c2ccc(-c3ccnc(-c4[c-]c(-c5ccc(-c6c(C(C)C)cc(-c7ccccc7)cc6C(C)C)c6oc(-c7c(O)c(C(C)(C)C)cc8c7oc7ccccc78)nc56)cc(C(C)(C)C)c4)c3)cc2)CCC(C)(C)CC1.[Pt]. The van der Waals surface area contributed by atoms with Crippen LogP contribution < -0.4 is 0 Å². The molecule has 1 aliphatic carbocycles. The first-order valence-corrected chi connectivity index (χ1v) is 27.1. The molecule has 0 saturated heterocycles. The summed E-state index contributed by atoms with van der Waals surface area (Å²) in [5.41, 5.74) is 18.0. The van der Waals surface area contributed by atoms with Gasteiger partial charge in [0.05, 0.1) is 5.52 Å². The zero-order chi connectivity index (χ0) is 53.6. The van der Waals surface area contributed by atoms with Crippen molar-refractivity contribution >= 4 is 33.0 Å². The Hall–Kier alpha value is -6.55. The fourth-order valence-corrected chi connectivity index (χ4v) is 11.3. The molecule has 76 heavy (non-hydrogen) atoms. The maximum absolute atomic E-state index is 12.6. The first-order valence-electron chi connectivity index (χ1n) is 27.6. The van der Waals surface area contributed by atoms with E-state index in [2.05, 4.69) is 204 Å². The molecule has 11 rings (SSSR count). The van der Waals surface area contributed by atoms with E-state index in [9.17, 15) is 6.48 Å². The third kappa shape index (κ3) is 9.90. The maximum Gasteiger partial charge on any atom is 0.234 e. The van der Waals surface area contributed by atoms with Gasteiger partial charge in [0.15, 0.2) is 11.2 Å². The van der Waals surface area contributed by atoms with Crippen LogP contribution in [-0.2, 0) is 31.9 Å². The first kappa shape index (κ1) is 51.5. The van der Waals surface area contributed by atoms with Crippen LogP contribution in [0.1, 0.15) is 156 Å². The van der Waals surface area contributed by atoms with Crippen molar-refractivity contribution in [3.05, 3.63) is 174 Å². The molecule has 0 aliphatic heterocycles. The minimum absolute atomic E-state index is 0. The molecule has 0 unspecified atom stereocenters. The van der Waals surface area contributed by atoms with Crippen molar-refractivity contribution in [2.45, 2.75) is 137 Å². The van der Waals surface area contributed by atoms with Crippen molar-refractivity contribution in [3.63, 3.8) is 0 Å². The van der Waals surface area contributed by atoms with Gasteiger partial charge >= 0.3 is 0 Å². The number of oxazole rings is 1. The largest absolute Gasteiger partial charge is 0.507 e. The molecule has 0 amide bonds. The molecule has 6 heteroatoms. The van der Waals surface area contributed by atoms with Gasteiger partial charge in [-0.25, -0.2) is 4.98 Å². The molecular weight excluding hydrogens is 1110 g/mol. The van der Waals surface area contributed by atoms with Crippen LogP contribution in [0.15, 0.2) is 148 Å². The van der Waals surface area contributed by atoms with E-state index in [0.717, 1.165) is 103 Å². The predicted octanol–water partition coefficient (Wildman–Crippen LogP) is 20.2. The normalized spacial score (nSPS) is 14.9. The quantitative estimate of drug-likeness (QED) is 0.146. The van der Waals surface area contributed by atoms with E-state index in [4.69, 9.17) is 18.8 Å². The second-order valence-electron chi connectivity index (χ2n) is 24.7. The molecule has 1 saturated carbocycles. The Morgan fingerprint density at radius 3 is 1.92 bits per heavy atom. The van der Waals surface area contributed by atoms with E-state index in [1.807, 2.05) is 24.4 Å². The van der Waals surface area contributed by atoms with E-state index >= 15 is 0 Å². The Morgan fingerprint density at radius 2 is 1.26 bits per heavy atom. The second kappa shape index (κ2) is 20.1. The summed E-state index contributed by atoms with van der Waals surface area (Å²) in [4.78, 5) is 10.5. The second-order valence-corrected chi connectivity index (χ2v) is 24.7. The summed E-state index contributed by atoms with van der Waals surface area (Å²) in [5.74, 6) is 0.172. The number of phenols is 1. The van der Waals surface area contributed by atoms with Crippen LogP contribution in [0, 0.1) is 11.5 Å². The van der Waals surface area contributed by atoms with E-state index in [1.54, 1.807) is 0 Å². The molecule has 0 radical (unpaired) electrons. The summed E-state index contributed by atoms with van der Waals surface area (Å²) < 4.78 is 23.4. The minimum atomic E-state index is -0.554. The van der Waals surface area contributed by atoms with Crippen molar-refractivity contribution in [2.75, 3.05) is 0 Å². The molecule has 0 spiro atoms. The summed E-state index contributed by atoms with van der Waals surface area (Å²) >= 11 is 0. The van der Waals surface area contributed by atoms with Crippen LogP contribution in [0.5, 0.6) is 5.75 Å². The smallest absolute Gasteiger partial charge is 0.234 e. The monoisotopic (exact) mass is 1180 g/mol. The molecule has 0 bridgehead atoms. The summed E-state index contributed by atoms with van der Waals surface area (Å²) in [6.45, 7) is 26.8. The van der Waals surface area contributed by atoms with Crippen LogP contribution in [0.4, 0.5) is 0 Å². The average molecular weight is 1180 g/mol. The van der Waals surface area contributed by atoms with E-state index in [0.29, 0.717) is 27.7 Å². The molecule has 1 aliphatic rings. The Balaban J connectivity index is 0.00000672. The molecule has 3 heterocycles. The molecular formula is C70H71N2O3Pt-. The van der Waals surface area contributed by atoms with E-state index in [-0.39, 0.29) is 50.0 Å². The van der Waals surface area contributed by atoms with Gasteiger partial charge in [0.1, 0.15) is 16.9 Å². The van der Waals surface area contributed by atoms with Gasteiger partial charge in [-0.1, -0.05) is 197 Å². The van der Waals surface area contributed by atoms with Crippen molar-refractivity contribution in [1.82, 2.24) is 9.97 Å². The number of nitrogens with zero attached hydrogens (tertiary/aromatic N) is 2. The molecule has 0 atom stereocenters. The van der Waals surface area contributed by atoms with Crippen LogP contribution in [0.25, 0.3) is 100 Å². The molecule has 5 nitrogen and oxygen atoms in total. The number of fused-ring (bicyclic) bond motifs is 4. The summed E-state index contributed by atoms with van der Waals surface area (Å²) in [6, 6.07) is 51.0. The fraction of sp³-hybridized carbons (Fsp3) is 0.314. The number of hydrogen-bond donors (Lipinski definition) is 1. The van der Waals surface area contributed by atoms with Gasteiger partial charge in [0, 0.05) is 56.2 Å². The van der Waals surface area contributed by atoms with Crippen molar-refractivity contribution in [2.24, 2.45) is 5.41 Å². The standard InChI is InChI=1S/C70H71N2O3.Pt/c1-41(2)55-37-48(43-18-14-13-15-19-43)38-56(42(3)4)61(55)54-27-26-52(63-66(54)75-67(72-63)62-64(73)58(69(8,9)10)40-57-53-20-16-17-21-60(53)74-65(57)62)49-34-50(36-51(35-49)68(5,6)7)59-39-47(30-33-71-59)45-24-22-44(23-25-45)46-28-31-70(11,12)32-29-46;/h13-27,30,33,35-42,46,73H,28-29,31-32H2,1-12H3;/q-1;/i46D;. The third-order valence-electron chi connectivity index (χ3n) is 15.9. The van der Waals surface area contributed by atoms with Crippen molar-refractivity contribution in [3.8, 4) is 73.0 Å². The molecule has 10 aromatic rings. The van der Waals surface area contributed by atoms with Crippen molar-refractivity contribution in [1.29, 1.82) is 0 Å². The Labute approximate surface area is 465 Å². The Morgan fingerprint density at radius 1 is 0.632 bits per heavy atom. The van der Waals surface area contributed by atoms with Gasteiger partial charge in [-0.05, 0) is 122 Å². The van der Waals surface area contributed by atoms with Gasteiger partial charge in [-0.15, -0.1) is 29.3 Å². The number of hydrogen-bond acceptors (Lipinski definition) is 5. The number of benzene rings is 7. The Bertz CT molecular complexity index is 3810. The summed E-state index contributed by atoms with van der Waals surface area (Å²) in [7, 11) is 0. The Kier molecular flexibility index (Phi) is 13.6. The molecule has 1 fully saturated rings. The van der Waals surface area contributed by atoms with Crippen LogP contribution in [0.2, 0.25) is 0 Å². The average Bonchev–Trinajstić information content (AvgIpc) is 4.02. The van der Waals surface area contributed by atoms with Gasteiger partial charge < -0.3 is 13.9 Å². The van der Waals surface area contributed by atoms with Gasteiger partial charge in [0.2, 0.25) is 5.89 Å². The van der Waals surface area contributed by atoms with E-state index in [1.165, 1.54) is 22.3 Å². The van der Waals surface area contributed by atoms with Gasteiger partial charge in [-0.3, -0.25) is 4.98 Å².